The zero-order chi connectivity index (χ0) is 14.6. The maximum absolute atomic E-state index is 5.72. The zero-order valence-electron chi connectivity index (χ0n) is 14.0. The number of nitrogens with one attached hydrogen (secondary N) is 1. The maximum atomic E-state index is 5.72. The SMILES string of the molecule is CCCNC(CCCC1CCCO1)CCN(CC)CC. The highest BCUT2D eigenvalue weighted by molar-refractivity contribution is 4.72. The molecule has 1 heterocycles. The normalized spacial score (nSPS) is 20.7. The van der Waals surface area contributed by atoms with Crippen LogP contribution in [0.25, 0.3) is 0 Å². The molecule has 0 aromatic rings. The lowest BCUT2D eigenvalue weighted by atomic mass is 10.0. The van der Waals surface area contributed by atoms with Gasteiger partial charge in [-0.1, -0.05) is 20.8 Å². The molecule has 0 spiro atoms. The van der Waals surface area contributed by atoms with Gasteiger partial charge in [0.1, 0.15) is 0 Å². The van der Waals surface area contributed by atoms with Crippen LogP contribution < -0.4 is 5.32 Å². The Balaban J connectivity index is 2.19. The van der Waals surface area contributed by atoms with E-state index in [9.17, 15) is 0 Å². The lowest BCUT2D eigenvalue weighted by Gasteiger charge is -2.24. The molecule has 3 nitrogen and oxygen atoms in total. The van der Waals surface area contributed by atoms with Gasteiger partial charge in [-0.15, -0.1) is 0 Å². The van der Waals surface area contributed by atoms with Crippen molar-refractivity contribution in [1.29, 1.82) is 0 Å². The molecule has 2 atom stereocenters. The van der Waals surface area contributed by atoms with Crippen molar-refractivity contribution >= 4 is 0 Å². The standard InChI is InChI=1S/C17H36N2O/c1-4-13-18-16(12-14-19(5-2)6-3)9-7-10-17-11-8-15-20-17/h16-18H,4-15H2,1-3H3. The molecular weight excluding hydrogens is 248 g/mol. The van der Waals surface area contributed by atoms with E-state index in [1.807, 2.05) is 0 Å². The van der Waals surface area contributed by atoms with E-state index in [1.54, 1.807) is 0 Å². The van der Waals surface area contributed by atoms with Crippen molar-refractivity contribution in [3.8, 4) is 0 Å². The monoisotopic (exact) mass is 284 g/mol. The van der Waals surface area contributed by atoms with E-state index < -0.39 is 0 Å². The predicted octanol–water partition coefficient (Wildman–Crippen LogP) is 3.44. The summed E-state index contributed by atoms with van der Waals surface area (Å²) in [6.07, 6.45) is 9.50. The van der Waals surface area contributed by atoms with E-state index in [0.29, 0.717) is 12.1 Å². The summed E-state index contributed by atoms with van der Waals surface area (Å²) in [4.78, 5) is 2.53. The molecular formula is C17H36N2O. The fourth-order valence-corrected chi connectivity index (χ4v) is 3.04. The van der Waals surface area contributed by atoms with Gasteiger partial charge >= 0.3 is 0 Å². The van der Waals surface area contributed by atoms with E-state index in [0.717, 1.165) is 13.2 Å². The van der Waals surface area contributed by atoms with Crippen molar-refractivity contribution in [2.24, 2.45) is 0 Å². The van der Waals surface area contributed by atoms with Gasteiger partial charge in [-0.3, -0.25) is 0 Å². The van der Waals surface area contributed by atoms with Crippen LogP contribution in [0.4, 0.5) is 0 Å². The number of ether oxygens (including phenoxy) is 1. The second-order valence-electron chi connectivity index (χ2n) is 6.03. The van der Waals surface area contributed by atoms with Gasteiger partial charge in [0.25, 0.3) is 0 Å². The van der Waals surface area contributed by atoms with E-state index in [4.69, 9.17) is 4.74 Å². The largest absolute Gasteiger partial charge is 0.378 e. The second kappa shape index (κ2) is 11.5. The molecule has 120 valence electrons. The molecule has 1 aliphatic rings. The number of hydrogen-bond acceptors (Lipinski definition) is 3. The maximum Gasteiger partial charge on any atom is 0.0576 e. The molecule has 0 aromatic carbocycles. The number of rotatable bonds is 12. The van der Waals surface area contributed by atoms with Gasteiger partial charge in [0.15, 0.2) is 0 Å². The minimum atomic E-state index is 0.560. The van der Waals surface area contributed by atoms with Crippen LogP contribution in [0.5, 0.6) is 0 Å². The van der Waals surface area contributed by atoms with Gasteiger partial charge in [0.2, 0.25) is 0 Å². The predicted molar refractivity (Wildman–Crippen MR) is 87.3 cm³/mol. The Labute approximate surface area is 126 Å². The molecule has 1 fully saturated rings. The highest BCUT2D eigenvalue weighted by atomic mass is 16.5. The van der Waals surface area contributed by atoms with Crippen LogP contribution in [0.2, 0.25) is 0 Å². The Kier molecular flexibility index (Phi) is 10.3. The summed E-state index contributed by atoms with van der Waals surface area (Å²) in [5, 5.41) is 3.73. The van der Waals surface area contributed by atoms with E-state index in [1.165, 1.54) is 64.6 Å². The smallest absolute Gasteiger partial charge is 0.0576 e. The van der Waals surface area contributed by atoms with Crippen molar-refractivity contribution in [2.45, 2.75) is 77.9 Å². The molecule has 20 heavy (non-hydrogen) atoms. The first-order valence-corrected chi connectivity index (χ1v) is 8.87. The topological polar surface area (TPSA) is 24.5 Å². The van der Waals surface area contributed by atoms with E-state index >= 15 is 0 Å². The molecule has 0 radical (unpaired) electrons. The minimum Gasteiger partial charge on any atom is -0.378 e. The second-order valence-corrected chi connectivity index (χ2v) is 6.03. The van der Waals surface area contributed by atoms with Gasteiger partial charge in [-0.2, -0.15) is 0 Å². The molecule has 0 bridgehead atoms. The number of hydrogen-bond donors (Lipinski definition) is 1. The number of nitrogens with zero attached hydrogens (tertiary/aromatic N) is 1. The van der Waals surface area contributed by atoms with Crippen molar-refractivity contribution < 1.29 is 4.74 Å². The molecule has 1 saturated heterocycles. The molecule has 1 aliphatic heterocycles. The van der Waals surface area contributed by atoms with Gasteiger partial charge < -0.3 is 15.0 Å². The van der Waals surface area contributed by atoms with Crippen LogP contribution in [0.3, 0.4) is 0 Å². The van der Waals surface area contributed by atoms with Crippen LogP contribution in [-0.4, -0.2) is 49.8 Å². The first-order chi connectivity index (χ1) is 9.80. The molecule has 0 amide bonds. The molecule has 1 N–H and O–H groups in total. The molecule has 1 rings (SSSR count). The summed E-state index contributed by atoms with van der Waals surface area (Å²) >= 11 is 0. The third-order valence-corrected chi connectivity index (χ3v) is 4.47. The van der Waals surface area contributed by atoms with E-state index in [-0.39, 0.29) is 0 Å². The highest BCUT2D eigenvalue weighted by Crippen LogP contribution is 2.18. The summed E-state index contributed by atoms with van der Waals surface area (Å²) in [5.41, 5.74) is 0. The Morgan fingerprint density at radius 3 is 2.60 bits per heavy atom. The molecule has 3 heteroatoms. The van der Waals surface area contributed by atoms with Crippen molar-refractivity contribution in [3.05, 3.63) is 0 Å². The van der Waals surface area contributed by atoms with Gasteiger partial charge in [0, 0.05) is 12.6 Å². The van der Waals surface area contributed by atoms with Crippen molar-refractivity contribution in [2.75, 3.05) is 32.8 Å². The van der Waals surface area contributed by atoms with Gasteiger partial charge in [0.05, 0.1) is 6.10 Å². The van der Waals surface area contributed by atoms with Crippen LogP contribution in [0.1, 0.15) is 65.7 Å². The summed E-state index contributed by atoms with van der Waals surface area (Å²) < 4.78 is 5.72. The molecule has 0 aromatic heterocycles. The fourth-order valence-electron chi connectivity index (χ4n) is 3.04. The van der Waals surface area contributed by atoms with Crippen molar-refractivity contribution in [1.82, 2.24) is 10.2 Å². The zero-order valence-corrected chi connectivity index (χ0v) is 14.0. The van der Waals surface area contributed by atoms with Crippen molar-refractivity contribution in [3.63, 3.8) is 0 Å². The molecule has 2 unspecified atom stereocenters. The lowest BCUT2D eigenvalue weighted by molar-refractivity contribution is 0.101. The summed E-state index contributed by atoms with van der Waals surface area (Å²) in [6, 6.07) is 0.692. The van der Waals surface area contributed by atoms with Crippen LogP contribution >= 0.6 is 0 Å². The quantitative estimate of drug-likeness (QED) is 0.594. The first kappa shape index (κ1) is 17.9. The fraction of sp³-hybridized carbons (Fsp3) is 1.00. The van der Waals surface area contributed by atoms with Crippen LogP contribution in [0.15, 0.2) is 0 Å². The Morgan fingerprint density at radius 2 is 2.00 bits per heavy atom. The van der Waals surface area contributed by atoms with E-state index in [2.05, 4.69) is 31.0 Å². The Bertz CT molecular complexity index is 213. The van der Waals surface area contributed by atoms with Crippen LogP contribution in [0, 0.1) is 0 Å². The third kappa shape index (κ3) is 7.61. The lowest BCUT2D eigenvalue weighted by Crippen LogP contribution is -2.35. The molecule has 0 saturated carbocycles. The third-order valence-electron chi connectivity index (χ3n) is 4.47. The Morgan fingerprint density at radius 1 is 1.20 bits per heavy atom. The Hall–Kier alpha value is -0.120. The van der Waals surface area contributed by atoms with Crippen LogP contribution in [-0.2, 0) is 4.74 Å². The summed E-state index contributed by atoms with van der Waals surface area (Å²) in [7, 11) is 0. The molecule has 0 aliphatic carbocycles. The minimum absolute atomic E-state index is 0.560. The van der Waals surface area contributed by atoms with Gasteiger partial charge in [-0.05, 0) is 71.1 Å². The van der Waals surface area contributed by atoms with Gasteiger partial charge in [-0.25, -0.2) is 0 Å². The average Bonchev–Trinajstić information content (AvgIpc) is 2.98. The summed E-state index contributed by atoms with van der Waals surface area (Å²) in [5.74, 6) is 0. The summed E-state index contributed by atoms with van der Waals surface area (Å²) in [6.45, 7) is 12.5. The average molecular weight is 284 g/mol. The highest BCUT2D eigenvalue weighted by Gasteiger charge is 2.16. The first-order valence-electron chi connectivity index (χ1n) is 8.87.